The number of benzene rings is 2. The molecule has 1 N–H and O–H groups in total. The van der Waals surface area contributed by atoms with Gasteiger partial charge in [0.15, 0.2) is 0 Å². The van der Waals surface area contributed by atoms with Crippen molar-refractivity contribution in [1.82, 2.24) is 0 Å². The number of aliphatic carboxylic acids is 1. The Morgan fingerprint density at radius 3 is 2.04 bits per heavy atom. The fourth-order valence-corrected chi connectivity index (χ4v) is 9.66. The van der Waals surface area contributed by atoms with E-state index in [1.54, 1.807) is 0 Å². The molecule has 1 unspecified atom stereocenters. The second-order valence-electron chi connectivity index (χ2n) is 6.96. The van der Waals surface area contributed by atoms with Crippen molar-refractivity contribution in [2.45, 2.75) is 31.3 Å². The molecule has 2 aromatic rings. The van der Waals surface area contributed by atoms with Crippen molar-refractivity contribution in [3.8, 4) is 0 Å². The third kappa shape index (κ3) is 4.14. The number of rotatable bonds is 8. The predicted octanol–water partition coefficient (Wildman–Crippen LogP) is 4.53. The average Bonchev–Trinajstić information content (AvgIpc) is 2.70. The molecule has 0 spiro atoms. The number of carboxylic acids is 1. The van der Waals surface area contributed by atoms with Gasteiger partial charge in [0.05, 0.1) is 0 Å². The number of carboxylic acid groups (broad SMARTS) is 1. The maximum absolute atomic E-state index is 11.0. The van der Waals surface area contributed by atoms with Crippen LogP contribution < -0.4 is 10.6 Å². The van der Waals surface area contributed by atoms with Crippen LogP contribution in [0.5, 0.6) is 0 Å². The van der Waals surface area contributed by atoms with Crippen LogP contribution in [0.3, 0.4) is 0 Å². The van der Waals surface area contributed by atoms with Gasteiger partial charge < -0.3 is 0 Å². The summed E-state index contributed by atoms with van der Waals surface area (Å²) < 4.78 is 0. The molecule has 136 valence electrons. The van der Waals surface area contributed by atoms with Crippen LogP contribution >= 0.6 is 7.26 Å². The Morgan fingerprint density at radius 1 is 0.923 bits per heavy atom. The fourth-order valence-electron chi connectivity index (χ4n) is 4.17. The molecule has 0 saturated carbocycles. The van der Waals surface area contributed by atoms with Crippen molar-refractivity contribution >= 4 is 23.8 Å². The van der Waals surface area contributed by atoms with Gasteiger partial charge in [-0.1, -0.05) is 0 Å². The fraction of sp³-hybridized carbons (Fsp3) is 0.261. The summed E-state index contributed by atoms with van der Waals surface area (Å²) in [4.78, 5) is 11.0. The summed E-state index contributed by atoms with van der Waals surface area (Å²) >= 11 is 0. The third-order valence-corrected chi connectivity index (χ3v) is 11.0. The summed E-state index contributed by atoms with van der Waals surface area (Å²) in [6.45, 7) is 0. The Balaban J connectivity index is 2.03. The molecule has 0 radical (unpaired) electrons. The van der Waals surface area contributed by atoms with E-state index in [1.165, 1.54) is 10.6 Å². The van der Waals surface area contributed by atoms with Gasteiger partial charge in [-0.25, -0.2) is 0 Å². The Labute approximate surface area is 156 Å². The van der Waals surface area contributed by atoms with Crippen molar-refractivity contribution in [3.63, 3.8) is 0 Å². The Bertz CT molecular complexity index is 726. The standard InChI is InChI=1S/C23H27O2P/c24-23(25)18-10-11-19-26(20-12-4-1-5-13-20,21-14-6-2-7-15-21)22-16-8-3-9-17-22/h1-9,12-16,22,26H,10-11,17-19H2,(H,24,25). The Morgan fingerprint density at radius 2 is 1.54 bits per heavy atom. The molecule has 1 atom stereocenters. The van der Waals surface area contributed by atoms with E-state index in [4.69, 9.17) is 5.11 Å². The molecule has 0 heterocycles. The first-order chi connectivity index (χ1) is 12.7. The molecule has 3 heteroatoms. The molecule has 2 aromatic carbocycles. The van der Waals surface area contributed by atoms with Gasteiger partial charge >= 0.3 is 156 Å². The van der Waals surface area contributed by atoms with Crippen molar-refractivity contribution in [2.75, 3.05) is 6.16 Å². The molecule has 26 heavy (non-hydrogen) atoms. The molecule has 0 saturated heterocycles. The zero-order valence-electron chi connectivity index (χ0n) is 15.1. The molecular formula is C23H27O2P. The van der Waals surface area contributed by atoms with Gasteiger partial charge in [-0.05, 0) is 0 Å². The van der Waals surface area contributed by atoms with Crippen LogP contribution in [0.25, 0.3) is 0 Å². The van der Waals surface area contributed by atoms with E-state index in [0.717, 1.165) is 25.4 Å². The van der Waals surface area contributed by atoms with E-state index in [9.17, 15) is 4.79 Å². The third-order valence-electron chi connectivity index (χ3n) is 5.40. The molecule has 1 aliphatic carbocycles. The van der Waals surface area contributed by atoms with Crippen LogP contribution in [0.4, 0.5) is 0 Å². The van der Waals surface area contributed by atoms with E-state index in [2.05, 4.69) is 85.0 Å². The predicted molar refractivity (Wildman–Crippen MR) is 114 cm³/mol. The first-order valence-electron chi connectivity index (χ1n) is 9.39. The van der Waals surface area contributed by atoms with Crippen LogP contribution in [0, 0.1) is 0 Å². The molecular weight excluding hydrogens is 339 g/mol. The normalized spacial score (nSPS) is 17.2. The van der Waals surface area contributed by atoms with Gasteiger partial charge in [0.2, 0.25) is 0 Å². The van der Waals surface area contributed by atoms with E-state index in [0.29, 0.717) is 5.66 Å². The van der Waals surface area contributed by atoms with Crippen molar-refractivity contribution in [3.05, 3.63) is 85.0 Å². The van der Waals surface area contributed by atoms with Crippen LogP contribution in [0.2, 0.25) is 0 Å². The minimum absolute atomic E-state index is 0.258. The van der Waals surface area contributed by atoms with Crippen LogP contribution in [0.15, 0.2) is 85.0 Å². The number of carbonyl (C=O) groups is 1. The number of unbranched alkanes of at least 4 members (excludes halogenated alkanes) is 1. The molecule has 0 fully saturated rings. The summed E-state index contributed by atoms with van der Waals surface area (Å²) in [5.41, 5.74) is 0.502. The first kappa shape index (κ1) is 18.6. The van der Waals surface area contributed by atoms with Crippen LogP contribution in [-0.2, 0) is 4.79 Å². The molecule has 0 bridgehead atoms. The van der Waals surface area contributed by atoms with Crippen molar-refractivity contribution < 1.29 is 9.90 Å². The maximum atomic E-state index is 11.0. The monoisotopic (exact) mass is 366 g/mol. The second-order valence-corrected chi connectivity index (χ2v) is 11.3. The molecule has 3 rings (SSSR count). The topological polar surface area (TPSA) is 37.3 Å². The second kappa shape index (κ2) is 8.96. The van der Waals surface area contributed by atoms with E-state index in [1.807, 2.05) is 0 Å². The van der Waals surface area contributed by atoms with E-state index < -0.39 is 13.2 Å². The van der Waals surface area contributed by atoms with Crippen molar-refractivity contribution in [2.24, 2.45) is 0 Å². The minimum atomic E-state index is -2.05. The SMILES string of the molecule is O=C(O)CCCC[PH](c1ccccc1)(c1ccccc1)C1C=CC=CC1. The summed E-state index contributed by atoms with van der Waals surface area (Å²) in [5.74, 6) is -0.697. The van der Waals surface area contributed by atoms with Crippen LogP contribution in [0.1, 0.15) is 25.7 Å². The Kier molecular flexibility index (Phi) is 6.41. The Hall–Kier alpha value is -2.18. The van der Waals surface area contributed by atoms with Gasteiger partial charge in [-0.15, -0.1) is 0 Å². The van der Waals surface area contributed by atoms with Crippen molar-refractivity contribution in [1.29, 1.82) is 0 Å². The summed E-state index contributed by atoms with van der Waals surface area (Å²) in [6.07, 6.45) is 13.1. The van der Waals surface area contributed by atoms with Gasteiger partial charge in [0.25, 0.3) is 0 Å². The zero-order valence-corrected chi connectivity index (χ0v) is 16.1. The average molecular weight is 366 g/mol. The molecule has 0 aromatic heterocycles. The number of hydrogen-bond acceptors (Lipinski definition) is 1. The first-order valence-corrected chi connectivity index (χ1v) is 11.7. The number of allylic oxidation sites excluding steroid dienone is 4. The summed E-state index contributed by atoms with van der Waals surface area (Å²) in [5, 5.41) is 11.9. The molecule has 1 aliphatic rings. The molecule has 0 amide bonds. The van der Waals surface area contributed by atoms with Crippen LogP contribution in [-0.4, -0.2) is 22.9 Å². The van der Waals surface area contributed by atoms with Gasteiger partial charge in [0.1, 0.15) is 0 Å². The molecule has 0 aliphatic heterocycles. The summed E-state index contributed by atoms with van der Waals surface area (Å²) in [7, 11) is -2.05. The zero-order chi connectivity index (χ0) is 18.2. The van der Waals surface area contributed by atoms with Gasteiger partial charge in [-0.3, -0.25) is 0 Å². The quantitative estimate of drug-likeness (QED) is 0.551. The summed E-state index contributed by atoms with van der Waals surface area (Å²) in [6, 6.07) is 21.8. The van der Waals surface area contributed by atoms with E-state index >= 15 is 0 Å². The van der Waals surface area contributed by atoms with Gasteiger partial charge in [-0.2, -0.15) is 0 Å². The van der Waals surface area contributed by atoms with Gasteiger partial charge in [0, 0.05) is 0 Å². The number of hydrogen-bond donors (Lipinski definition) is 1. The van der Waals surface area contributed by atoms with E-state index in [-0.39, 0.29) is 6.42 Å². The molecule has 2 nitrogen and oxygen atoms in total.